The molecule has 0 bridgehead atoms. The summed E-state index contributed by atoms with van der Waals surface area (Å²) in [6, 6.07) is 5.39. The lowest BCUT2D eigenvalue weighted by Crippen LogP contribution is -2.38. The highest BCUT2D eigenvalue weighted by Gasteiger charge is 2.28. The van der Waals surface area contributed by atoms with Crippen LogP contribution in [0.15, 0.2) is 30.6 Å². The third kappa shape index (κ3) is 4.61. The minimum absolute atomic E-state index is 0.0114. The second-order valence-corrected chi connectivity index (χ2v) is 8.61. The Kier molecular flexibility index (Phi) is 6.45. The van der Waals surface area contributed by atoms with Crippen molar-refractivity contribution in [2.24, 2.45) is 0 Å². The van der Waals surface area contributed by atoms with E-state index >= 15 is 0 Å². The number of hydrogen-bond acceptors (Lipinski definition) is 9. The van der Waals surface area contributed by atoms with E-state index in [1.165, 1.54) is 0 Å². The molecule has 3 aromatic rings. The van der Waals surface area contributed by atoms with Crippen LogP contribution in [0.4, 0.5) is 11.5 Å². The molecule has 10 nitrogen and oxygen atoms in total. The maximum absolute atomic E-state index is 13.3. The van der Waals surface area contributed by atoms with E-state index in [2.05, 4.69) is 9.97 Å². The Morgan fingerprint density at radius 1 is 1.20 bits per heavy atom. The Balaban J connectivity index is 1.39. The summed E-state index contributed by atoms with van der Waals surface area (Å²) < 4.78 is 10.7. The molecule has 0 atom stereocenters. The molecule has 10 heteroatoms. The SMILES string of the molecule is COc1cc2c(cn1)N(C(=O)CN(C)c1nc(-c3cc(OCCO)ccn3)nc3c1CCC3)CC2. The average Bonchev–Trinajstić information content (AvgIpc) is 3.53. The molecule has 0 radical (unpaired) electrons. The predicted molar refractivity (Wildman–Crippen MR) is 130 cm³/mol. The van der Waals surface area contributed by atoms with Gasteiger partial charge in [0.2, 0.25) is 11.8 Å². The number of anilines is 2. The molecule has 0 spiro atoms. The van der Waals surface area contributed by atoms with Crippen LogP contribution in [0.5, 0.6) is 11.6 Å². The van der Waals surface area contributed by atoms with Gasteiger partial charge in [-0.25, -0.2) is 15.0 Å². The molecule has 1 aliphatic carbocycles. The molecule has 0 saturated carbocycles. The highest BCUT2D eigenvalue weighted by atomic mass is 16.5. The van der Waals surface area contributed by atoms with Crippen LogP contribution < -0.4 is 19.3 Å². The van der Waals surface area contributed by atoms with Crippen LogP contribution in [0.25, 0.3) is 11.5 Å². The van der Waals surface area contributed by atoms with E-state index in [-0.39, 0.29) is 25.7 Å². The zero-order valence-electron chi connectivity index (χ0n) is 19.9. The number of rotatable bonds is 8. The third-order valence-corrected chi connectivity index (χ3v) is 6.31. The molecule has 182 valence electrons. The van der Waals surface area contributed by atoms with Crippen molar-refractivity contribution in [3.8, 4) is 23.1 Å². The van der Waals surface area contributed by atoms with Crippen LogP contribution in [0.1, 0.15) is 23.2 Å². The van der Waals surface area contributed by atoms with Crippen molar-refractivity contribution in [2.45, 2.75) is 25.7 Å². The topological polar surface area (TPSA) is 114 Å². The maximum Gasteiger partial charge on any atom is 0.246 e. The predicted octanol–water partition coefficient (Wildman–Crippen LogP) is 1.83. The van der Waals surface area contributed by atoms with Gasteiger partial charge in [-0.1, -0.05) is 0 Å². The summed E-state index contributed by atoms with van der Waals surface area (Å²) in [6.45, 7) is 0.934. The van der Waals surface area contributed by atoms with Gasteiger partial charge in [0, 0.05) is 43.2 Å². The van der Waals surface area contributed by atoms with Gasteiger partial charge in [0.1, 0.15) is 23.9 Å². The molecule has 2 aliphatic rings. The number of likely N-dealkylation sites (N-methyl/N-ethyl adjacent to an activating group) is 1. The monoisotopic (exact) mass is 476 g/mol. The standard InChI is InChI=1S/C25H28N6O4/c1-30(15-23(33)31-9-7-16-12-22(34-2)27-14-21(16)31)25-18-4-3-5-19(18)28-24(29-25)20-13-17(6-8-26-20)35-11-10-32/h6,8,12-14,32H,3-5,7,9-11,15H2,1-2H3. The lowest BCUT2D eigenvalue weighted by Gasteiger charge is -2.24. The van der Waals surface area contributed by atoms with Crippen molar-refractivity contribution < 1.29 is 19.4 Å². The van der Waals surface area contributed by atoms with E-state index in [1.54, 1.807) is 36.5 Å². The summed E-state index contributed by atoms with van der Waals surface area (Å²) in [5, 5.41) is 9.03. The number of aliphatic hydroxyl groups excluding tert-OH is 1. The van der Waals surface area contributed by atoms with Gasteiger partial charge < -0.3 is 24.4 Å². The third-order valence-electron chi connectivity index (χ3n) is 6.31. The van der Waals surface area contributed by atoms with Gasteiger partial charge in [-0.3, -0.25) is 9.78 Å². The zero-order valence-corrected chi connectivity index (χ0v) is 19.9. The Labute approximate surface area is 203 Å². The van der Waals surface area contributed by atoms with E-state index in [1.807, 2.05) is 18.0 Å². The number of ether oxygens (including phenoxy) is 2. The second-order valence-electron chi connectivity index (χ2n) is 8.61. The normalized spacial score (nSPS) is 14.0. The van der Waals surface area contributed by atoms with Gasteiger partial charge in [-0.15, -0.1) is 0 Å². The molecule has 3 aromatic heterocycles. The second kappa shape index (κ2) is 9.83. The molecule has 0 saturated heterocycles. The molecule has 4 heterocycles. The number of carbonyl (C=O) groups is 1. The fraction of sp³-hybridized carbons (Fsp3) is 0.400. The Morgan fingerprint density at radius 2 is 2.09 bits per heavy atom. The zero-order chi connectivity index (χ0) is 24.4. The first-order valence-electron chi connectivity index (χ1n) is 11.7. The van der Waals surface area contributed by atoms with Gasteiger partial charge in [-0.2, -0.15) is 0 Å². The first-order valence-corrected chi connectivity index (χ1v) is 11.7. The van der Waals surface area contributed by atoms with Crippen LogP contribution in [0.3, 0.4) is 0 Å². The van der Waals surface area contributed by atoms with Crippen LogP contribution in [0.2, 0.25) is 0 Å². The summed E-state index contributed by atoms with van der Waals surface area (Å²) in [5.41, 5.74) is 4.57. The average molecular weight is 477 g/mol. The fourth-order valence-electron chi connectivity index (χ4n) is 4.63. The highest BCUT2D eigenvalue weighted by molar-refractivity contribution is 5.98. The number of aromatic nitrogens is 4. The Hall–Kier alpha value is -3.79. The summed E-state index contributed by atoms with van der Waals surface area (Å²) in [7, 11) is 3.48. The number of methoxy groups -OCH3 is 1. The van der Waals surface area contributed by atoms with Gasteiger partial charge in [0.15, 0.2) is 5.82 Å². The summed E-state index contributed by atoms with van der Waals surface area (Å²) in [4.78, 5) is 35.3. The van der Waals surface area contributed by atoms with Crippen molar-refractivity contribution in [1.82, 2.24) is 19.9 Å². The number of pyridine rings is 2. The van der Waals surface area contributed by atoms with E-state index in [0.717, 1.165) is 54.0 Å². The molecule has 0 fully saturated rings. The highest BCUT2D eigenvalue weighted by Crippen LogP contribution is 2.33. The lowest BCUT2D eigenvalue weighted by atomic mass is 10.2. The number of nitrogens with zero attached hydrogens (tertiary/aromatic N) is 6. The quantitative estimate of drug-likeness (QED) is 0.520. The summed E-state index contributed by atoms with van der Waals surface area (Å²) in [5.74, 6) is 2.39. The van der Waals surface area contributed by atoms with E-state index < -0.39 is 0 Å². The van der Waals surface area contributed by atoms with Gasteiger partial charge >= 0.3 is 0 Å². The fourth-order valence-corrected chi connectivity index (χ4v) is 4.63. The van der Waals surface area contributed by atoms with Crippen molar-refractivity contribution >= 4 is 17.4 Å². The number of aryl methyl sites for hydroxylation is 1. The van der Waals surface area contributed by atoms with E-state index in [9.17, 15) is 4.79 Å². The van der Waals surface area contributed by atoms with Crippen molar-refractivity contribution in [2.75, 3.05) is 50.3 Å². The minimum atomic E-state index is -0.0684. The lowest BCUT2D eigenvalue weighted by molar-refractivity contribution is -0.117. The molecular formula is C25H28N6O4. The van der Waals surface area contributed by atoms with Crippen molar-refractivity contribution in [3.63, 3.8) is 0 Å². The summed E-state index contributed by atoms with van der Waals surface area (Å²) >= 11 is 0. The maximum atomic E-state index is 13.3. The number of amides is 1. The molecule has 5 rings (SSSR count). The molecular weight excluding hydrogens is 448 g/mol. The van der Waals surface area contributed by atoms with Gasteiger partial charge in [0.25, 0.3) is 0 Å². The van der Waals surface area contributed by atoms with Crippen molar-refractivity contribution in [1.29, 1.82) is 0 Å². The van der Waals surface area contributed by atoms with Crippen LogP contribution in [-0.2, 0) is 24.1 Å². The van der Waals surface area contributed by atoms with Crippen LogP contribution >= 0.6 is 0 Å². The van der Waals surface area contributed by atoms with Crippen LogP contribution in [0, 0.1) is 0 Å². The Bertz CT molecular complexity index is 1250. The molecule has 0 aromatic carbocycles. The molecule has 1 amide bonds. The number of aliphatic hydroxyl groups is 1. The first kappa shape index (κ1) is 23.0. The number of carbonyl (C=O) groups excluding carboxylic acids is 1. The molecule has 35 heavy (non-hydrogen) atoms. The number of fused-ring (bicyclic) bond motifs is 2. The smallest absolute Gasteiger partial charge is 0.246 e. The van der Waals surface area contributed by atoms with Crippen molar-refractivity contribution in [3.05, 3.63) is 47.4 Å². The molecule has 1 N–H and O–H groups in total. The van der Waals surface area contributed by atoms with E-state index in [4.69, 9.17) is 24.5 Å². The van der Waals surface area contributed by atoms with Gasteiger partial charge in [0.05, 0.1) is 32.1 Å². The van der Waals surface area contributed by atoms with Gasteiger partial charge in [-0.05, 0) is 37.3 Å². The number of hydrogen-bond donors (Lipinski definition) is 1. The first-order chi connectivity index (χ1) is 17.1. The van der Waals surface area contributed by atoms with Crippen LogP contribution in [-0.4, -0.2) is 71.4 Å². The Morgan fingerprint density at radius 3 is 2.91 bits per heavy atom. The van der Waals surface area contributed by atoms with E-state index in [0.29, 0.717) is 29.7 Å². The summed E-state index contributed by atoms with van der Waals surface area (Å²) in [6.07, 6.45) is 6.87. The minimum Gasteiger partial charge on any atom is -0.491 e. The molecule has 1 aliphatic heterocycles. The largest absolute Gasteiger partial charge is 0.491 e. The molecule has 0 unspecified atom stereocenters.